The van der Waals surface area contributed by atoms with Crippen LogP contribution in [0.2, 0.25) is 5.15 Å². The molecule has 0 radical (unpaired) electrons. The van der Waals surface area contributed by atoms with Crippen LogP contribution in [0.1, 0.15) is 21.5 Å². The van der Waals surface area contributed by atoms with Crippen molar-refractivity contribution in [3.8, 4) is 5.75 Å². The standard InChI is InChI=1S/C26H19ClF3N7O3/c1-36-22-15(11-32-24(35-22)34-17-5-7-19(38)8-6-17)13-37(25(36)40)20-10-18(12-31-21(20)27)33-23(39)14-3-2-4-16(9-14)26(28,29)30/h2-12,38H,13H2,1H3,(H,33,39)(H,32,34,35). The molecule has 0 saturated heterocycles. The van der Waals surface area contributed by atoms with Crippen molar-refractivity contribution in [3.05, 3.63) is 88.8 Å². The molecular formula is C26H19ClF3N7O3. The normalized spacial score (nSPS) is 13.2. The van der Waals surface area contributed by atoms with Crippen LogP contribution in [0.5, 0.6) is 5.75 Å². The third kappa shape index (κ3) is 5.45. The first-order valence-corrected chi connectivity index (χ1v) is 12.0. The molecule has 2 aromatic carbocycles. The lowest BCUT2D eigenvalue weighted by Crippen LogP contribution is -2.46. The second-order valence-corrected chi connectivity index (χ2v) is 9.07. The zero-order valence-electron chi connectivity index (χ0n) is 20.6. The molecule has 0 saturated carbocycles. The molecule has 10 nitrogen and oxygen atoms in total. The van der Waals surface area contributed by atoms with Gasteiger partial charge in [-0.25, -0.2) is 14.8 Å². The Morgan fingerprint density at radius 1 is 1.05 bits per heavy atom. The molecule has 0 aliphatic carbocycles. The number of aromatic nitrogens is 3. The smallest absolute Gasteiger partial charge is 0.416 e. The number of anilines is 5. The molecule has 5 rings (SSSR count). The van der Waals surface area contributed by atoms with Crippen LogP contribution in [-0.2, 0) is 12.7 Å². The zero-order valence-corrected chi connectivity index (χ0v) is 21.3. The van der Waals surface area contributed by atoms with Gasteiger partial charge in [0.2, 0.25) is 5.95 Å². The highest BCUT2D eigenvalue weighted by Crippen LogP contribution is 2.35. The van der Waals surface area contributed by atoms with Gasteiger partial charge in [-0.3, -0.25) is 14.6 Å². The lowest BCUT2D eigenvalue weighted by atomic mass is 10.1. The molecular weight excluding hydrogens is 551 g/mol. The van der Waals surface area contributed by atoms with Crippen LogP contribution in [0.25, 0.3) is 0 Å². The Balaban J connectivity index is 1.37. The summed E-state index contributed by atoms with van der Waals surface area (Å²) in [7, 11) is 1.52. The number of nitrogens with one attached hydrogen (secondary N) is 2. The molecule has 3 amide bonds. The number of hydrogen-bond donors (Lipinski definition) is 3. The number of aromatic hydroxyl groups is 1. The number of urea groups is 1. The van der Waals surface area contributed by atoms with Gasteiger partial charge in [0.05, 0.1) is 29.7 Å². The maximum absolute atomic E-state index is 13.3. The number of benzene rings is 2. The van der Waals surface area contributed by atoms with Crippen LogP contribution >= 0.6 is 11.6 Å². The number of carbonyl (C=O) groups excluding carboxylic acids is 2. The molecule has 14 heteroatoms. The number of carbonyl (C=O) groups is 2. The highest BCUT2D eigenvalue weighted by atomic mass is 35.5. The summed E-state index contributed by atoms with van der Waals surface area (Å²) in [6.07, 6.45) is -1.83. The van der Waals surface area contributed by atoms with Crippen molar-refractivity contribution in [1.82, 2.24) is 15.0 Å². The van der Waals surface area contributed by atoms with E-state index in [1.54, 1.807) is 18.3 Å². The lowest BCUT2D eigenvalue weighted by molar-refractivity contribution is -0.137. The van der Waals surface area contributed by atoms with Gasteiger partial charge in [0, 0.05) is 30.1 Å². The molecule has 0 atom stereocenters. The van der Waals surface area contributed by atoms with Crippen molar-refractivity contribution in [2.75, 3.05) is 27.5 Å². The maximum Gasteiger partial charge on any atom is 0.416 e. The minimum Gasteiger partial charge on any atom is -0.508 e. The molecule has 3 N–H and O–H groups in total. The van der Waals surface area contributed by atoms with Crippen LogP contribution in [0.3, 0.4) is 0 Å². The number of nitrogens with zero attached hydrogens (tertiary/aromatic N) is 5. The Kier molecular flexibility index (Phi) is 6.90. The van der Waals surface area contributed by atoms with Gasteiger partial charge in [-0.1, -0.05) is 17.7 Å². The molecule has 1 aliphatic heterocycles. The minimum atomic E-state index is -4.60. The van der Waals surface area contributed by atoms with E-state index in [1.165, 1.54) is 47.3 Å². The van der Waals surface area contributed by atoms with Gasteiger partial charge in [0.1, 0.15) is 11.6 Å². The number of rotatable bonds is 5. The predicted octanol–water partition coefficient (Wildman–Crippen LogP) is 5.82. The van der Waals surface area contributed by atoms with Crippen molar-refractivity contribution in [2.45, 2.75) is 12.7 Å². The third-order valence-corrected chi connectivity index (χ3v) is 6.24. The van der Waals surface area contributed by atoms with E-state index in [2.05, 4.69) is 25.6 Å². The summed E-state index contributed by atoms with van der Waals surface area (Å²) < 4.78 is 39.2. The number of halogens is 4. The van der Waals surface area contributed by atoms with Crippen molar-refractivity contribution < 1.29 is 27.9 Å². The molecule has 1 aliphatic rings. The number of pyridine rings is 1. The van der Waals surface area contributed by atoms with E-state index in [9.17, 15) is 27.9 Å². The lowest BCUT2D eigenvalue weighted by Gasteiger charge is -2.34. The number of phenolic OH excluding ortho intramolecular Hbond substituents is 1. The van der Waals surface area contributed by atoms with Crippen LogP contribution in [0.15, 0.2) is 67.0 Å². The Hall–Kier alpha value is -4.91. The summed E-state index contributed by atoms with van der Waals surface area (Å²) in [5, 5.41) is 14.9. The molecule has 2 aromatic heterocycles. The second-order valence-electron chi connectivity index (χ2n) is 8.71. The first kappa shape index (κ1) is 26.7. The first-order valence-electron chi connectivity index (χ1n) is 11.6. The number of phenols is 1. The average Bonchev–Trinajstić information content (AvgIpc) is 2.93. The highest BCUT2D eigenvalue weighted by molar-refractivity contribution is 6.33. The molecule has 0 unspecified atom stereocenters. The number of fused-ring (bicyclic) bond motifs is 1. The third-order valence-electron chi connectivity index (χ3n) is 5.95. The van der Waals surface area contributed by atoms with Crippen LogP contribution < -0.4 is 20.4 Å². The Morgan fingerprint density at radius 2 is 1.80 bits per heavy atom. The van der Waals surface area contributed by atoms with E-state index < -0.39 is 23.7 Å². The molecule has 204 valence electrons. The monoisotopic (exact) mass is 569 g/mol. The van der Waals surface area contributed by atoms with Gasteiger partial charge in [-0.2, -0.15) is 18.2 Å². The van der Waals surface area contributed by atoms with Gasteiger partial charge in [-0.05, 0) is 48.5 Å². The highest BCUT2D eigenvalue weighted by Gasteiger charge is 2.33. The van der Waals surface area contributed by atoms with Gasteiger partial charge in [0.25, 0.3) is 5.91 Å². The number of hydrogen-bond acceptors (Lipinski definition) is 7. The van der Waals surface area contributed by atoms with Gasteiger partial charge in [-0.15, -0.1) is 0 Å². The minimum absolute atomic E-state index is 0.0322. The maximum atomic E-state index is 13.3. The van der Waals surface area contributed by atoms with Gasteiger partial charge in [0.15, 0.2) is 5.15 Å². The summed E-state index contributed by atoms with van der Waals surface area (Å²) in [6, 6.07) is 11.2. The van der Waals surface area contributed by atoms with E-state index in [1.807, 2.05) is 0 Å². The Morgan fingerprint density at radius 3 is 2.52 bits per heavy atom. The quantitative estimate of drug-likeness (QED) is 0.204. The summed E-state index contributed by atoms with van der Waals surface area (Å²) >= 11 is 6.30. The van der Waals surface area contributed by atoms with Crippen LogP contribution in [0.4, 0.5) is 46.8 Å². The van der Waals surface area contributed by atoms with E-state index in [4.69, 9.17) is 11.6 Å². The summed E-state index contributed by atoms with van der Waals surface area (Å²) in [5.74, 6) is -0.0995. The number of amides is 3. The van der Waals surface area contributed by atoms with Crippen molar-refractivity contribution in [2.24, 2.45) is 0 Å². The van der Waals surface area contributed by atoms with Crippen molar-refractivity contribution >= 4 is 52.4 Å². The van der Waals surface area contributed by atoms with Crippen LogP contribution in [-0.4, -0.2) is 39.0 Å². The van der Waals surface area contributed by atoms with Gasteiger partial charge >= 0.3 is 12.2 Å². The summed E-state index contributed by atoms with van der Waals surface area (Å²) in [5.41, 5.74) is 0.339. The fourth-order valence-electron chi connectivity index (χ4n) is 3.97. The number of alkyl halides is 3. The van der Waals surface area contributed by atoms with E-state index in [0.29, 0.717) is 17.1 Å². The van der Waals surface area contributed by atoms with E-state index >= 15 is 0 Å². The van der Waals surface area contributed by atoms with Crippen molar-refractivity contribution in [1.29, 1.82) is 0 Å². The van der Waals surface area contributed by atoms with Crippen LogP contribution in [0, 0.1) is 0 Å². The molecule has 4 aromatic rings. The largest absolute Gasteiger partial charge is 0.508 e. The zero-order chi connectivity index (χ0) is 28.6. The SMILES string of the molecule is CN1C(=O)N(c2cc(NC(=O)c3cccc(C(F)(F)F)c3)cnc2Cl)Cc2cnc(Nc3ccc(O)cc3)nc21. The average molecular weight is 570 g/mol. The summed E-state index contributed by atoms with van der Waals surface area (Å²) in [4.78, 5) is 41.3. The fourth-order valence-corrected chi connectivity index (χ4v) is 4.17. The second kappa shape index (κ2) is 10.3. The first-order chi connectivity index (χ1) is 19.0. The summed E-state index contributed by atoms with van der Waals surface area (Å²) in [6.45, 7) is 0.0322. The van der Waals surface area contributed by atoms with E-state index in [-0.39, 0.29) is 40.3 Å². The fraction of sp³-hybridized carbons (Fsp3) is 0.115. The molecule has 40 heavy (non-hydrogen) atoms. The predicted molar refractivity (Wildman–Crippen MR) is 142 cm³/mol. The molecule has 0 spiro atoms. The van der Waals surface area contributed by atoms with E-state index in [0.717, 1.165) is 18.2 Å². The molecule has 0 fully saturated rings. The van der Waals surface area contributed by atoms with Crippen molar-refractivity contribution in [3.63, 3.8) is 0 Å². The Bertz CT molecular complexity index is 1620. The Labute approximate surface area is 230 Å². The topological polar surface area (TPSA) is 124 Å². The van der Waals surface area contributed by atoms with Gasteiger partial charge < -0.3 is 15.7 Å². The molecule has 3 heterocycles. The molecule has 0 bridgehead atoms.